The van der Waals surface area contributed by atoms with Crippen molar-refractivity contribution in [2.24, 2.45) is 0 Å². The summed E-state index contributed by atoms with van der Waals surface area (Å²) >= 11 is 0. The van der Waals surface area contributed by atoms with Crippen LogP contribution in [0.1, 0.15) is 41.3 Å². The average molecular weight is 257 g/mol. The number of carbonyl (C=O) groups is 1. The van der Waals surface area contributed by atoms with Gasteiger partial charge in [0.2, 0.25) is 0 Å². The van der Waals surface area contributed by atoms with Crippen molar-refractivity contribution >= 4 is 11.7 Å². The smallest absolute Gasteiger partial charge is 0.256 e. The number of hydrogen-bond donors (Lipinski definition) is 2. The van der Waals surface area contributed by atoms with Crippen LogP contribution in [0.3, 0.4) is 0 Å². The van der Waals surface area contributed by atoms with Crippen LogP contribution in [-0.4, -0.2) is 16.1 Å². The third-order valence-corrected chi connectivity index (χ3v) is 3.10. The van der Waals surface area contributed by atoms with E-state index in [1.54, 1.807) is 6.20 Å². The zero-order valence-electron chi connectivity index (χ0n) is 11.4. The largest absolute Gasteiger partial charge is 0.307 e. The molecule has 2 rings (SSSR count). The number of unbranched alkanes of at least 4 members (excludes halogenated alkanes) is 1. The quantitative estimate of drug-likeness (QED) is 0.863. The zero-order valence-corrected chi connectivity index (χ0v) is 11.4. The first-order valence-electron chi connectivity index (χ1n) is 6.61. The summed E-state index contributed by atoms with van der Waals surface area (Å²) in [6.07, 6.45) is 5.11. The maximum Gasteiger partial charge on any atom is 0.256 e. The highest BCUT2D eigenvalue weighted by molar-refractivity contribution is 6.04. The van der Waals surface area contributed by atoms with Gasteiger partial charge < -0.3 is 5.32 Å². The number of nitrogens with one attached hydrogen (secondary N) is 2. The topological polar surface area (TPSA) is 57.8 Å². The summed E-state index contributed by atoms with van der Waals surface area (Å²) in [7, 11) is 0. The number of aryl methyl sites for hydroxylation is 2. The summed E-state index contributed by atoms with van der Waals surface area (Å²) < 4.78 is 0. The highest BCUT2D eigenvalue weighted by Gasteiger charge is 2.08. The Hall–Kier alpha value is -2.10. The molecule has 19 heavy (non-hydrogen) atoms. The molecule has 1 amide bonds. The molecule has 0 fully saturated rings. The number of aromatic amines is 1. The number of benzene rings is 1. The van der Waals surface area contributed by atoms with E-state index >= 15 is 0 Å². The summed E-state index contributed by atoms with van der Waals surface area (Å²) in [4.78, 5) is 12.0. The summed E-state index contributed by atoms with van der Waals surface area (Å²) in [5.41, 5.74) is 2.86. The van der Waals surface area contributed by atoms with E-state index in [0.717, 1.165) is 12.0 Å². The second-order valence-electron chi connectivity index (χ2n) is 4.68. The van der Waals surface area contributed by atoms with Crippen LogP contribution in [0.2, 0.25) is 0 Å². The first-order chi connectivity index (χ1) is 9.20. The number of H-pyrrole nitrogens is 1. The lowest BCUT2D eigenvalue weighted by molar-refractivity contribution is 0.102. The monoisotopic (exact) mass is 257 g/mol. The van der Waals surface area contributed by atoms with Crippen molar-refractivity contribution in [3.63, 3.8) is 0 Å². The zero-order chi connectivity index (χ0) is 13.7. The molecule has 1 heterocycles. The van der Waals surface area contributed by atoms with Gasteiger partial charge in [-0.3, -0.25) is 9.89 Å². The molecule has 0 bridgehead atoms. The number of hydrogen-bond acceptors (Lipinski definition) is 2. The molecular formula is C15H19N3O. The van der Waals surface area contributed by atoms with Gasteiger partial charge in [-0.2, -0.15) is 5.10 Å². The SMILES string of the molecule is CCCCc1ccc(C(=O)Nc2[nH]ncc2C)cc1. The highest BCUT2D eigenvalue weighted by atomic mass is 16.1. The van der Waals surface area contributed by atoms with Crippen LogP contribution in [0.15, 0.2) is 30.5 Å². The third-order valence-electron chi connectivity index (χ3n) is 3.10. The minimum absolute atomic E-state index is 0.116. The number of nitrogens with zero attached hydrogens (tertiary/aromatic N) is 1. The van der Waals surface area contributed by atoms with Crippen LogP contribution < -0.4 is 5.32 Å². The van der Waals surface area contributed by atoms with Crippen LogP contribution >= 0.6 is 0 Å². The number of anilines is 1. The first-order valence-corrected chi connectivity index (χ1v) is 6.61. The molecule has 0 spiro atoms. The van der Waals surface area contributed by atoms with Crippen LogP contribution in [-0.2, 0) is 6.42 Å². The fourth-order valence-corrected chi connectivity index (χ4v) is 1.86. The maximum absolute atomic E-state index is 12.0. The minimum atomic E-state index is -0.116. The van der Waals surface area contributed by atoms with E-state index in [2.05, 4.69) is 22.4 Å². The Morgan fingerprint density at radius 3 is 2.63 bits per heavy atom. The fourth-order valence-electron chi connectivity index (χ4n) is 1.86. The van der Waals surface area contributed by atoms with E-state index in [9.17, 15) is 4.79 Å². The van der Waals surface area contributed by atoms with Crippen molar-refractivity contribution in [3.8, 4) is 0 Å². The molecule has 0 saturated heterocycles. The van der Waals surface area contributed by atoms with Gasteiger partial charge in [0.25, 0.3) is 5.91 Å². The van der Waals surface area contributed by atoms with E-state index in [1.165, 1.54) is 18.4 Å². The second-order valence-corrected chi connectivity index (χ2v) is 4.68. The lowest BCUT2D eigenvalue weighted by Crippen LogP contribution is -2.12. The highest BCUT2D eigenvalue weighted by Crippen LogP contribution is 2.12. The molecule has 1 aromatic carbocycles. The summed E-state index contributed by atoms with van der Waals surface area (Å²) in [6.45, 7) is 4.07. The molecule has 1 aromatic heterocycles. The Labute approximate surface area is 113 Å². The molecule has 100 valence electrons. The van der Waals surface area contributed by atoms with Gasteiger partial charge in [0.15, 0.2) is 0 Å². The molecule has 4 nitrogen and oxygen atoms in total. The number of aromatic nitrogens is 2. The minimum Gasteiger partial charge on any atom is -0.307 e. The van der Waals surface area contributed by atoms with Crippen LogP contribution in [0.4, 0.5) is 5.82 Å². The summed E-state index contributed by atoms with van der Waals surface area (Å²) in [6, 6.07) is 7.77. The van der Waals surface area contributed by atoms with E-state index in [1.807, 2.05) is 31.2 Å². The number of rotatable bonds is 5. The van der Waals surface area contributed by atoms with Crippen molar-refractivity contribution < 1.29 is 4.79 Å². The van der Waals surface area contributed by atoms with E-state index in [-0.39, 0.29) is 5.91 Å². The third kappa shape index (κ3) is 3.44. The molecule has 0 atom stereocenters. The Balaban J connectivity index is 2.01. The number of carbonyl (C=O) groups excluding carboxylic acids is 1. The van der Waals surface area contributed by atoms with Crippen molar-refractivity contribution in [1.82, 2.24) is 10.2 Å². The maximum atomic E-state index is 12.0. The Morgan fingerprint density at radius 2 is 2.05 bits per heavy atom. The molecular weight excluding hydrogens is 238 g/mol. The van der Waals surface area contributed by atoms with Gasteiger partial charge in [-0.1, -0.05) is 25.5 Å². The van der Waals surface area contributed by atoms with Crippen LogP contribution in [0.25, 0.3) is 0 Å². The van der Waals surface area contributed by atoms with E-state index < -0.39 is 0 Å². The van der Waals surface area contributed by atoms with Gasteiger partial charge in [0, 0.05) is 11.1 Å². The van der Waals surface area contributed by atoms with Gasteiger partial charge in [-0.25, -0.2) is 0 Å². The van der Waals surface area contributed by atoms with Crippen LogP contribution in [0.5, 0.6) is 0 Å². The van der Waals surface area contributed by atoms with Gasteiger partial charge in [-0.15, -0.1) is 0 Å². The fraction of sp³-hybridized carbons (Fsp3) is 0.333. The Morgan fingerprint density at radius 1 is 1.32 bits per heavy atom. The van der Waals surface area contributed by atoms with Crippen molar-refractivity contribution in [2.45, 2.75) is 33.1 Å². The summed E-state index contributed by atoms with van der Waals surface area (Å²) in [5, 5.41) is 9.45. The van der Waals surface area contributed by atoms with Gasteiger partial charge in [0.05, 0.1) is 6.20 Å². The van der Waals surface area contributed by atoms with Crippen LogP contribution in [0, 0.1) is 6.92 Å². The van der Waals surface area contributed by atoms with Gasteiger partial charge >= 0.3 is 0 Å². The second kappa shape index (κ2) is 6.18. The van der Waals surface area contributed by atoms with E-state index in [0.29, 0.717) is 11.4 Å². The lowest BCUT2D eigenvalue weighted by Gasteiger charge is -2.05. The number of amides is 1. The van der Waals surface area contributed by atoms with Gasteiger partial charge in [0.1, 0.15) is 5.82 Å². The molecule has 4 heteroatoms. The van der Waals surface area contributed by atoms with Crippen molar-refractivity contribution in [1.29, 1.82) is 0 Å². The molecule has 2 N–H and O–H groups in total. The normalized spacial score (nSPS) is 10.4. The van der Waals surface area contributed by atoms with Crippen molar-refractivity contribution in [2.75, 3.05) is 5.32 Å². The molecule has 0 aliphatic carbocycles. The summed E-state index contributed by atoms with van der Waals surface area (Å²) in [5.74, 6) is 0.537. The standard InChI is InChI=1S/C15H19N3O/c1-3-4-5-12-6-8-13(9-7-12)15(19)17-14-11(2)10-16-18-14/h6-10H,3-5H2,1-2H3,(H2,16,17,18,19). The van der Waals surface area contributed by atoms with E-state index in [4.69, 9.17) is 0 Å². The Kier molecular flexibility index (Phi) is 4.34. The molecule has 0 aliphatic heterocycles. The van der Waals surface area contributed by atoms with Crippen molar-refractivity contribution in [3.05, 3.63) is 47.2 Å². The molecule has 2 aromatic rings. The Bertz CT molecular complexity index is 543. The molecule has 0 radical (unpaired) electrons. The van der Waals surface area contributed by atoms with Gasteiger partial charge in [-0.05, 0) is 37.5 Å². The predicted molar refractivity (Wildman–Crippen MR) is 76.3 cm³/mol. The molecule has 0 unspecified atom stereocenters. The first kappa shape index (κ1) is 13.3. The predicted octanol–water partition coefficient (Wildman–Crippen LogP) is 3.31. The molecule has 0 aliphatic rings. The average Bonchev–Trinajstić information content (AvgIpc) is 2.82. The lowest BCUT2D eigenvalue weighted by atomic mass is 10.1. The molecule has 0 saturated carbocycles.